The predicted molar refractivity (Wildman–Crippen MR) is 118 cm³/mol. The van der Waals surface area contributed by atoms with Crippen molar-refractivity contribution in [1.29, 1.82) is 0 Å². The lowest BCUT2D eigenvalue weighted by Gasteiger charge is -2.16. The fraction of sp³-hybridized carbons (Fsp3) is 0.0769. The van der Waals surface area contributed by atoms with Gasteiger partial charge < -0.3 is 9.47 Å². The highest BCUT2D eigenvalue weighted by Gasteiger charge is 2.20. The summed E-state index contributed by atoms with van der Waals surface area (Å²) in [4.78, 5) is 24.6. The number of benzene rings is 5. The fourth-order valence-corrected chi connectivity index (χ4v) is 4.27. The molecule has 0 aliphatic heterocycles. The van der Waals surface area contributed by atoms with Crippen LogP contribution in [-0.2, 0) is 9.47 Å². The second-order valence-corrected chi connectivity index (χ2v) is 7.21. The Kier molecular flexibility index (Phi) is 4.14. The molecule has 0 atom stereocenters. The van der Waals surface area contributed by atoms with Gasteiger partial charge in [0.25, 0.3) is 0 Å². The van der Waals surface area contributed by atoms with Crippen molar-refractivity contribution >= 4 is 44.3 Å². The van der Waals surface area contributed by atoms with Gasteiger partial charge in [-0.2, -0.15) is 0 Å². The van der Waals surface area contributed by atoms with E-state index in [1.807, 2.05) is 6.07 Å². The van der Waals surface area contributed by atoms with Gasteiger partial charge in [0.1, 0.15) is 0 Å². The Bertz CT molecular complexity index is 1430. The summed E-state index contributed by atoms with van der Waals surface area (Å²) in [7, 11) is 2.65. The average Bonchev–Trinajstić information content (AvgIpc) is 2.81. The number of esters is 2. The van der Waals surface area contributed by atoms with Crippen molar-refractivity contribution in [1.82, 2.24) is 0 Å². The first-order valence-electron chi connectivity index (χ1n) is 9.60. The van der Waals surface area contributed by atoms with Gasteiger partial charge in [-0.1, -0.05) is 60.7 Å². The molecule has 5 rings (SSSR count). The van der Waals surface area contributed by atoms with Crippen LogP contribution < -0.4 is 0 Å². The van der Waals surface area contributed by atoms with E-state index in [2.05, 4.69) is 48.5 Å². The fourth-order valence-electron chi connectivity index (χ4n) is 4.27. The molecule has 0 saturated carbocycles. The molecule has 0 bridgehead atoms. The van der Waals surface area contributed by atoms with Gasteiger partial charge in [-0.05, 0) is 55.6 Å². The average molecular weight is 394 g/mol. The lowest BCUT2D eigenvalue weighted by atomic mass is 9.88. The maximum atomic E-state index is 12.6. The zero-order valence-electron chi connectivity index (χ0n) is 16.6. The van der Waals surface area contributed by atoms with Crippen LogP contribution in [0.5, 0.6) is 0 Å². The van der Waals surface area contributed by atoms with E-state index in [-0.39, 0.29) is 0 Å². The molecule has 0 aromatic heterocycles. The predicted octanol–water partition coefficient (Wildman–Crippen LogP) is 5.82. The van der Waals surface area contributed by atoms with Gasteiger partial charge in [0.15, 0.2) is 0 Å². The summed E-state index contributed by atoms with van der Waals surface area (Å²) in [5.41, 5.74) is 2.26. The van der Waals surface area contributed by atoms with E-state index in [0.717, 1.165) is 21.7 Å². The summed E-state index contributed by atoms with van der Waals surface area (Å²) in [6.07, 6.45) is 0. The quantitative estimate of drug-likeness (QED) is 0.286. The summed E-state index contributed by atoms with van der Waals surface area (Å²) >= 11 is 0. The van der Waals surface area contributed by atoms with Crippen LogP contribution >= 0.6 is 0 Å². The van der Waals surface area contributed by atoms with Crippen molar-refractivity contribution in [2.45, 2.75) is 0 Å². The van der Waals surface area contributed by atoms with Crippen LogP contribution in [0.2, 0.25) is 0 Å². The van der Waals surface area contributed by atoms with E-state index < -0.39 is 11.9 Å². The number of hydrogen-bond donors (Lipinski definition) is 0. The maximum Gasteiger partial charge on any atom is 0.338 e. The normalized spacial score (nSPS) is 11.3. The molecule has 4 heteroatoms. The molecule has 5 aromatic rings. The smallest absolute Gasteiger partial charge is 0.338 e. The van der Waals surface area contributed by atoms with E-state index in [4.69, 9.17) is 9.47 Å². The van der Waals surface area contributed by atoms with Crippen LogP contribution in [0, 0.1) is 0 Å². The van der Waals surface area contributed by atoms with Crippen molar-refractivity contribution in [3.63, 3.8) is 0 Å². The van der Waals surface area contributed by atoms with E-state index in [0.29, 0.717) is 16.7 Å². The summed E-state index contributed by atoms with van der Waals surface area (Å²) < 4.78 is 9.81. The van der Waals surface area contributed by atoms with Crippen molar-refractivity contribution < 1.29 is 19.1 Å². The van der Waals surface area contributed by atoms with Crippen molar-refractivity contribution in [2.24, 2.45) is 0 Å². The molecule has 146 valence electrons. The first-order chi connectivity index (χ1) is 14.6. The molecular formula is C26H18O4. The standard InChI is InChI=1S/C26H18O4/c1-29-25(27)18-10-12-20(22(14-18)26(28)30-2)19-11-8-17-7-6-15-4-3-5-16-9-13-21(19)24(17)23(15)16/h3-14H,1-2H3. The summed E-state index contributed by atoms with van der Waals surface area (Å²) in [6, 6.07) is 23.8. The minimum atomic E-state index is -0.499. The maximum absolute atomic E-state index is 12.6. The lowest BCUT2D eigenvalue weighted by Crippen LogP contribution is -2.08. The number of ether oxygens (including phenoxy) is 2. The molecule has 0 aliphatic carbocycles. The minimum absolute atomic E-state index is 0.305. The summed E-state index contributed by atoms with van der Waals surface area (Å²) in [5, 5.41) is 6.92. The second kappa shape index (κ2) is 6.85. The highest BCUT2D eigenvalue weighted by molar-refractivity contribution is 6.25. The van der Waals surface area contributed by atoms with Crippen LogP contribution in [0.3, 0.4) is 0 Å². The van der Waals surface area contributed by atoms with Gasteiger partial charge in [0.2, 0.25) is 0 Å². The van der Waals surface area contributed by atoms with Crippen LogP contribution in [0.1, 0.15) is 20.7 Å². The molecule has 4 nitrogen and oxygen atoms in total. The largest absolute Gasteiger partial charge is 0.465 e. The molecule has 0 unspecified atom stereocenters. The van der Waals surface area contributed by atoms with E-state index >= 15 is 0 Å². The van der Waals surface area contributed by atoms with Gasteiger partial charge in [0, 0.05) is 0 Å². The molecule has 0 radical (unpaired) electrons. The molecule has 0 spiro atoms. The molecule has 0 fully saturated rings. The van der Waals surface area contributed by atoms with E-state index in [1.165, 1.54) is 36.4 Å². The van der Waals surface area contributed by atoms with Gasteiger partial charge in [-0.25, -0.2) is 9.59 Å². The first-order valence-corrected chi connectivity index (χ1v) is 9.60. The first kappa shape index (κ1) is 18.1. The number of methoxy groups -OCH3 is 2. The summed E-state index contributed by atoms with van der Waals surface area (Å²) in [5.74, 6) is -0.997. The topological polar surface area (TPSA) is 52.6 Å². The Labute approximate surface area is 173 Å². The van der Waals surface area contributed by atoms with Crippen molar-refractivity contribution in [2.75, 3.05) is 14.2 Å². The molecule has 0 amide bonds. The molecule has 0 heterocycles. The third-order valence-electron chi connectivity index (χ3n) is 5.66. The van der Waals surface area contributed by atoms with Crippen LogP contribution in [0.15, 0.2) is 72.8 Å². The zero-order valence-corrected chi connectivity index (χ0v) is 16.6. The molecular weight excluding hydrogens is 376 g/mol. The minimum Gasteiger partial charge on any atom is -0.465 e. The second-order valence-electron chi connectivity index (χ2n) is 7.21. The Morgan fingerprint density at radius 2 is 1.23 bits per heavy atom. The molecule has 0 saturated heterocycles. The molecule has 30 heavy (non-hydrogen) atoms. The van der Waals surface area contributed by atoms with Gasteiger partial charge >= 0.3 is 11.9 Å². The van der Waals surface area contributed by atoms with Crippen LogP contribution in [0.25, 0.3) is 43.4 Å². The van der Waals surface area contributed by atoms with Crippen LogP contribution in [0.4, 0.5) is 0 Å². The number of rotatable bonds is 3. The number of carbonyl (C=O) groups is 2. The molecule has 5 aromatic carbocycles. The summed E-state index contributed by atoms with van der Waals surface area (Å²) in [6.45, 7) is 0. The Balaban J connectivity index is 1.85. The van der Waals surface area contributed by atoms with Gasteiger partial charge in [-0.3, -0.25) is 0 Å². The third-order valence-corrected chi connectivity index (χ3v) is 5.66. The van der Waals surface area contributed by atoms with Crippen LogP contribution in [-0.4, -0.2) is 26.2 Å². The Morgan fingerprint density at radius 1 is 0.633 bits per heavy atom. The third kappa shape index (κ3) is 2.61. The monoisotopic (exact) mass is 394 g/mol. The van der Waals surface area contributed by atoms with E-state index in [1.54, 1.807) is 12.1 Å². The highest BCUT2D eigenvalue weighted by atomic mass is 16.5. The molecule has 0 N–H and O–H groups in total. The zero-order chi connectivity index (χ0) is 20.8. The highest BCUT2D eigenvalue weighted by Crippen LogP contribution is 2.40. The molecule has 0 aliphatic rings. The number of hydrogen-bond acceptors (Lipinski definition) is 4. The lowest BCUT2D eigenvalue weighted by molar-refractivity contribution is 0.0600. The Morgan fingerprint density at radius 3 is 1.93 bits per heavy atom. The van der Waals surface area contributed by atoms with Crippen molar-refractivity contribution in [3.05, 3.63) is 83.9 Å². The van der Waals surface area contributed by atoms with Gasteiger partial charge in [0.05, 0.1) is 25.3 Å². The SMILES string of the molecule is COC(=O)c1ccc(-c2ccc3ccc4cccc5ccc2c3c45)c(C(=O)OC)c1. The van der Waals surface area contributed by atoms with Gasteiger partial charge in [-0.15, -0.1) is 0 Å². The Hall–Kier alpha value is -3.92. The van der Waals surface area contributed by atoms with Crippen molar-refractivity contribution in [3.8, 4) is 11.1 Å². The number of carbonyl (C=O) groups excluding carboxylic acids is 2. The van der Waals surface area contributed by atoms with E-state index in [9.17, 15) is 9.59 Å².